The lowest BCUT2D eigenvalue weighted by Crippen LogP contribution is -2.36. The second-order valence-electron chi connectivity index (χ2n) is 8.78. The number of hydrogen-bond donors (Lipinski definition) is 1. The van der Waals surface area contributed by atoms with E-state index in [1.165, 1.54) is 10.6 Å². The highest BCUT2D eigenvalue weighted by molar-refractivity contribution is 8.03. The van der Waals surface area contributed by atoms with Gasteiger partial charge in [-0.05, 0) is 55.7 Å². The molecular weight excluding hydrogens is 472 g/mol. The van der Waals surface area contributed by atoms with Crippen LogP contribution in [-0.4, -0.2) is 51.8 Å². The van der Waals surface area contributed by atoms with Crippen LogP contribution in [0.1, 0.15) is 24.4 Å². The minimum atomic E-state index is 0.696. The molecule has 188 valence electrons. The van der Waals surface area contributed by atoms with Crippen LogP contribution in [-0.2, 0) is 13.5 Å². The summed E-state index contributed by atoms with van der Waals surface area (Å²) in [5, 5.41) is 9.83. The van der Waals surface area contributed by atoms with E-state index in [4.69, 9.17) is 14.5 Å². The lowest BCUT2D eigenvalue weighted by molar-refractivity contribution is -0.656. The molecule has 0 radical (unpaired) electrons. The highest BCUT2D eigenvalue weighted by atomic mass is 32.2. The number of ether oxygens (including phenoxy) is 2. The fourth-order valence-corrected chi connectivity index (χ4v) is 5.63. The monoisotopic (exact) mass is 504 g/mol. The Kier molecular flexibility index (Phi) is 7.18. The number of nitrogens with one attached hydrogen (secondary N) is 1. The van der Waals surface area contributed by atoms with Crippen LogP contribution in [0.3, 0.4) is 0 Å². The van der Waals surface area contributed by atoms with Gasteiger partial charge in [-0.25, -0.2) is 4.57 Å². The van der Waals surface area contributed by atoms with Gasteiger partial charge in [-0.2, -0.15) is 0 Å². The third-order valence-electron chi connectivity index (χ3n) is 6.54. The number of aromatic nitrogens is 2. The number of para-hydroxylation sites is 1. The number of hydrogen-bond acceptors (Lipinski definition) is 7. The van der Waals surface area contributed by atoms with Gasteiger partial charge in [-0.3, -0.25) is 0 Å². The molecule has 0 unspecified atom stereocenters. The zero-order chi connectivity index (χ0) is 25.1. The summed E-state index contributed by atoms with van der Waals surface area (Å²) in [5.41, 5.74) is 3.20. The first-order valence-corrected chi connectivity index (χ1v) is 13.0. The van der Waals surface area contributed by atoms with Crippen LogP contribution < -0.4 is 24.3 Å². The molecule has 0 amide bonds. The molecule has 3 aromatic rings. The van der Waals surface area contributed by atoms with E-state index in [0.29, 0.717) is 11.5 Å². The SMILES string of the molecule is COc1cc2c(/C=C3/Sc4ccccc4N3C)nc(CCCCNC3=NCC[N-]3)[n+](C)c2cc1OC. The molecule has 0 bridgehead atoms. The van der Waals surface area contributed by atoms with E-state index in [-0.39, 0.29) is 0 Å². The highest BCUT2D eigenvalue weighted by Gasteiger charge is 2.25. The molecule has 2 aliphatic rings. The first kappa shape index (κ1) is 24.2. The lowest BCUT2D eigenvalue weighted by atomic mass is 10.1. The number of methoxy groups -OCH3 is 2. The number of nitrogens with zero attached hydrogens (tertiary/aromatic N) is 5. The van der Waals surface area contributed by atoms with Crippen LogP contribution in [0.2, 0.25) is 0 Å². The van der Waals surface area contributed by atoms with E-state index in [0.717, 1.165) is 72.3 Å². The summed E-state index contributed by atoms with van der Waals surface area (Å²) in [6, 6.07) is 12.5. The van der Waals surface area contributed by atoms with Crippen molar-refractivity contribution in [2.45, 2.75) is 24.2 Å². The van der Waals surface area contributed by atoms with Crippen molar-refractivity contribution in [3.05, 3.63) is 58.3 Å². The van der Waals surface area contributed by atoms with E-state index >= 15 is 0 Å². The Balaban J connectivity index is 1.47. The second kappa shape index (κ2) is 10.7. The predicted molar refractivity (Wildman–Crippen MR) is 146 cm³/mol. The van der Waals surface area contributed by atoms with Crippen LogP contribution in [0.25, 0.3) is 22.3 Å². The topological polar surface area (TPSA) is 77.0 Å². The molecule has 0 spiro atoms. The fourth-order valence-electron chi connectivity index (χ4n) is 4.54. The number of benzene rings is 2. The summed E-state index contributed by atoms with van der Waals surface area (Å²) in [6.07, 6.45) is 5.08. The van der Waals surface area contributed by atoms with Crippen LogP contribution in [0.4, 0.5) is 5.69 Å². The van der Waals surface area contributed by atoms with Gasteiger partial charge < -0.3 is 30.0 Å². The average molecular weight is 505 g/mol. The number of aliphatic imine (C=N–C) groups is 1. The van der Waals surface area contributed by atoms with Gasteiger partial charge in [0.1, 0.15) is 5.52 Å². The van der Waals surface area contributed by atoms with Gasteiger partial charge in [0.05, 0.1) is 43.8 Å². The minimum absolute atomic E-state index is 0.696. The third kappa shape index (κ3) is 4.80. The number of aryl methyl sites for hydroxylation is 2. The Bertz CT molecular complexity index is 1340. The Morgan fingerprint density at radius 1 is 1.17 bits per heavy atom. The van der Waals surface area contributed by atoms with Gasteiger partial charge in [0, 0.05) is 30.0 Å². The van der Waals surface area contributed by atoms with Gasteiger partial charge in [0.15, 0.2) is 17.2 Å². The maximum atomic E-state index is 5.62. The summed E-state index contributed by atoms with van der Waals surface area (Å²) >= 11 is 1.77. The summed E-state index contributed by atoms with van der Waals surface area (Å²) in [4.78, 5) is 13.0. The number of unbranched alkanes of at least 4 members (excludes halogenated alkanes) is 1. The molecule has 36 heavy (non-hydrogen) atoms. The van der Waals surface area contributed by atoms with Gasteiger partial charge in [-0.1, -0.05) is 23.9 Å². The number of fused-ring (bicyclic) bond motifs is 2. The van der Waals surface area contributed by atoms with Crippen LogP contribution >= 0.6 is 11.8 Å². The Morgan fingerprint density at radius 2 is 1.97 bits per heavy atom. The van der Waals surface area contributed by atoms with Crippen molar-refractivity contribution in [2.75, 3.05) is 45.8 Å². The zero-order valence-electron chi connectivity index (χ0n) is 21.2. The van der Waals surface area contributed by atoms with Crippen LogP contribution in [0.15, 0.2) is 51.3 Å². The number of rotatable bonds is 8. The number of thioether (sulfide) groups is 1. The van der Waals surface area contributed by atoms with E-state index in [1.807, 2.05) is 12.1 Å². The zero-order valence-corrected chi connectivity index (χ0v) is 22.1. The molecule has 1 aromatic heterocycles. The van der Waals surface area contributed by atoms with Crippen molar-refractivity contribution in [2.24, 2.45) is 12.0 Å². The minimum Gasteiger partial charge on any atom is -0.493 e. The molecule has 3 heterocycles. The van der Waals surface area contributed by atoms with Gasteiger partial charge in [0.2, 0.25) is 0 Å². The molecular formula is C27H32N6O2S. The summed E-state index contributed by atoms with van der Waals surface area (Å²) in [5.74, 6) is 3.23. The molecule has 0 atom stereocenters. The van der Waals surface area contributed by atoms with Crippen molar-refractivity contribution < 1.29 is 14.0 Å². The Hall–Kier alpha value is -3.46. The molecule has 0 fully saturated rings. The van der Waals surface area contributed by atoms with E-state index in [9.17, 15) is 0 Å². The van der Waals surface area contributed by atoms with E-state index in [2.05, 4.69) is 69.5 Å². The van der Waals surface area contributed by atoms with Crippen molar-refractivity contribution >= 4 is 40.4 Å². The standard InChI is InChI=1S/C27H32N6O2S/c1-32-21-17-23(35-4)22(34-3)15-18(21)19(16-26-33(2)20-9-5-6-10-24(20)36-26)31-25(32)11-7-8-12-28-27-29-13-14-30-27/h5-6,9-10,15-17H,7-8,11-14H2,1-4H3,(H-,28,29,30). The normalized spacial score (nSPS) is 15.7. The smallest absolute Gasteiger partial charge is 0.299 e. The lowest BCUT2D eigenvalue weighted by Gasteiger charge is -2.14. The Morgan fingerprint density at radius 3 is 2.72 bits per heavy atom. The van der Waals surface area contributed by atoms with E-state index < -0.39 is 0 Å². The number of guanidine groups is 1. The highest BCUT2D eigenvalue weighted by Crippen LogP contribution is 2.45. The largest absolute Gasteiger partial charge is 0.493 e. The molecule has 1 N–H and O–H groups in total. The van der Waals surface area contributed by atoms with Crippen LogP contribution in [0.5, 0.6) is 11.5 Å². The molecule has 0 saturated carbocycles. The first-order valence-electron chi connectivity index (χ1n) is 12.2. The maximum Gasteiger partial charge on any atom is 0.299 e. The van der Waals surface area contributed by atoms with Gasteiger partial charge in [-0.15, -0.1) is 0 Å². The van der Waals surface area contributed by atoms with Gasteiger partial charge in [0.25, 0.3) is 5.82 Å². The average Bonchev–Trinajstić information content (AvgIpc) is 3.53. The molecule has 2 aromatic carbocycles. The molecule has 9 heteroatoms. The molecule has 2 aliphatic heterocycles. The van der Waals surface area contributed by atoms with Crippen molar-refractivity contribution in [1.29, 1.82) is 0 Å². The predicted octanol–water partition coefficient (Wildman–Crippen LogP) is 4.27. The summed E-state index contributed by atoms with van der Waals surface area (Å²) < 4.78 is 13.4. The van der Waals surface area contributed by atoms with E-state index in [1.54, 1.807) is 26.0 Å². The van der Waals surface area contributed by atoms with Crippen molar-refractivity contribution in [3.8, 4) is 11.5 Å². The quantitative estimate of drug-likeness (QED) is 0.365. The third-order valence-corrected chi connectivity index (χ3v) is 7.71. The fraction of sp³-hybridized carbons (Fsp3) is 0.370. The van der Waals surface area contributed by atoms with Crippen molar-refractivity contribution in [1.82, 2.24) is 10.3 Å². The second-order valence-corrected chi connectivity index (χ2v) is 9.84. The van der Waals surface area contributed by atoms with Crippen molar-refractivity contribution in [3.63, 3.8) is 0 Å². The molecule has 0 aliphatic carbocycles. The van der Waals surface area contributed by atoms with Gasteiger partial charge >= 0.3 is 0 Å². The molecule has 8 nitrogen and oxygen atoms in total. The maximum absolute atomic E-state index is 5.62. The van der Waals surface area contributed by atoms with Crippen LogP contribution in [0, 0.1) is 0 Å². The number of anilines is 1. The first-order chi connectivity index (χ1) is 17.6. The molecule has 0 saturated heterocycles. The Labute approximate surface area is 216 Å². The summed E-state index contributed by atoms with van der Waals surface area (Å²) in [7, 11) is 7.52. The molecule has 5 rings (SSSR count). The summed E-state index contributed by atoms with van der Waals surface area (Å²) in [6.45, 7) is 2.45.